The highest BCUT2D eigenvalue weighted by Crippen LogP contribution is 2.32. The summed E-state index contributed by atoms with van der Waals surface area (Å²) in [7, 11) is 3.27. The summed E-state index contributed by atoms with van der Waals surface area (Å²) in [4.78, 5) is 0. The van der Waals surface area contributed by atoms with Gasteiger partial charge >= 0.3 is 0 Å². The third-order valence-corrected chi connectivity index (χ3v) is 2.57. The number of halogens is 1. The van der Waals surface area contributed by atoms with Gasteiger partial charge < -0.3 is 18.9 Å². The van der Waals surface area contributed by atoms with Crippen molar-refractivity contribution in [2.75, 3.05) is 40.6 Å². The first-order valence-electron chi connectivity index (χ1n) is 5.74. The number of rotatable bonds is 9. The summed E-state index contributed by atoms with van der Waals surface area (Å²) in [6.07, 6.45) is 0. The molecule has 0 amide bonds. The Bertz CT molecular complexity index is 344. The second kappa shape index (κ2) is 9.03. The van der Waals surface area contributed by atoms with Crippen molar-refractivity contribution < 1.29 is 18.9 Å². The van der Waals surface area contributed by atoms with Gasteiger partial charge in [-0.05, 0) is 6.07 Å². The molecule has 1 aromatic rings. The van der Waals surface area contributed by atoms with Gasteiger partial charge in [0.25, 0.3) is 0 Å². The predicted molar refractivity (Wildman–Crippen MR) is 70.7 cm³/mol. The molecular weight excluding hydrogens is 256 g/mol. The van der Waals surface area contributed by atoms with E-state index in [4.69, 9.17) is 30.5 Å². The minimum atomic E-state index is 0.379. The molecule has 0 aliphatic carbocycles. The zero-order valence-electron chi connectivity index (χ0n) is 10.8. The highest BCUT2D eigenvalue weighted by molar-refractivity contribution is 6.17. The van der Waals surface area contributed by atoms with Gasteiger partial charge in [-0.15, -0.1) is 11.6 Å². The molecule has 0 spiro atoms. The minimum Gasteiger partial charge on any atom is -0.487 e. The lowest BCUT2D eigenvalue weighted by Gasteiger charge is -2.15. The molecule has 18 heavy (non-hydrogen) atoms. The Labute approximate surface area is 113 Å². The van der Waals surface area contributed by atoms with Gasteiger partial charge in [-0.2, -0.15) is 0 Å². The molecule has 0 aliphatic rings. The van der Waals surface area contributed by atoms with Gasteiger partial charge in [-0.1, -0.05) is 12.1 Å². The maximum atomic E-state index is 5.89. The molecule has 102 valence electrons. The Morgan fingerprint density at radius 2 is 1.61 bits per heavy atom. The molecular formula is C13H19ClO4. The van der Waals surface area contributed by atoms with Crippen molar-refractivity contribution in [2.24, 2.45) is 0 Å². The Morgan fingerprint density at radius 3 is 2.22 bits per heavy atom. The van der Waals surface area contributed by atoms with E-state index >= 15 is 0 Å². The molecule has 0 N–H and O–H groups in total. The fraction of sp³-hybridized carbons (Fsp3) is 0.538. The zero-order chi connectivity index (χ0) is 13.2. The molecule has 1 rings (SSSR count). The molecule has 0 atom stereocenters. The Balaban J connectivity index is 2.72. The number of alkyl halides is 1. The topological polar surface area (TPSA) is 36.9 Å². The van der Waals surface area contributed by atoms with Gasteiger partial charge in [-0.3, -0.25) is 0 Å². The normalized spacial score (nSPS) is 10.4. The van der Waals surface area contributed by atoms with Gasteiger partial charge in [0.15, 0.2) is 11.5 Å². The molecule has 0 radical (unpaired) electrons. The molecule has 0 unspecified atom stereocenters. The van der Waals surface area contributed by atoms with Gasteiger partial charge in [0.2, 0.25) is 0 Å². The summed E-state index contributed by atoms with van der Waals surface area (Å²) < 4.78 is 21.2. The van der Waals surface area contributed by atoms with Crippen LogP contribution in [-0.4, -0.2) is 40.6 Å². The third kappa shape index (κ3) is 4.72. The van der Waals surface area contributed by atoms with Crippen LogP contribution in [-0.2, 0) is 15.4 Å². The van der Waals surface area contributed by atoms with Gasteiger partial charge in [0.05, 0.1) is 19.1 Å². The van der Waals surface area contributed by atoms with E-state index in [9.17, 15) is 0 Å². The van der Waals surface area contributed by atoms with E-state index in [-0.39, 0.29) is 0 Å². The van der Waals surface area contributed by atoms with Crippen LogP contribution in [0.25, 0.3) is 0 Å². The first-order chi connectivity index (χ1) is 8.83. The van der Waals surface area contributed by atoms with Crippen molar-refractivity contribution in [1.82, 2.24) is 0 Å². The maximum Gasteiger partial charge on any atom is 0.165 e. The first-order valence-corrected chi connectivity index (χ1v) is 6.28. The maximum absolute atomic E-state index is 5.89. The molecule has 5 heteroatoms. The van der Waals surface area contributed by atoms with Crippen molar-refractivity contribution in [2.45, 2.75) is 5.88 Å². The number of ether oxygens (including phenoxy) is 4. The minimum absolute atomic E-state index is 0.379. The Hall–Kier alpha value is -0.970. The van der Waals surface area contributed by atoms with Gasteiger partial charge in [0.1, 0.15) is 13.2 Å². The first kappa shape index (κ1) is 15.1. The van der Waals surface area contributed by atoms with Crippen molar-refractivity contribution in [3.05, 3.63) is 23.8 Å². The second-order valence-corrected chi connectivity index (χ2v) is 3.83. The predicted octanol–water partition coefficient (Wildman–Crippen LogP) is 2.48. The van der Waals surface area contributed by atoms with Crippen LogP contribution in [0, 0.1) is 0 Å². The van der Waals surface area contributed by atoms with E-state index in [1.54, 1.807) is 14.2 Å². The smallest absolute Gasteiger partial charge is 0.165 e. The summed E-state index contributed by atoms with van der Waals surface area (Å²) >= 11 is 5.89. The summed E-state index contributed by atoms with van der Waals surface area (Å²) in [5.41, 5.74) is 0.905. The average Bonchev–Trinajstić information content (AvgIpc) is 2.40. The lowest BCUT2D eigenvalue weighted by atomic mass is 10.2. The summed E-state index contributed by atoms with van der Waals surface area (Å²) in [5.74, 6) is 1.74. The number of hydrogen-bond donors (Lipinski definition) is 0. The molecule has 0 bridgehead atoms. The van der Waals surface area contributed by atoms with Crippen LogP contribution in [0.1, 0.15) is 5.56 Å². The standard InChI is InChI=1S/C13H19ClO4/c1-15-6-8-17-12-5-3-4-11(10-14)13(12)18-9-7-16-2/h3-5H,6-10H2,1-2H3. The number of benzene rings is 1. The molecule has 0 saturated carbocycles. The molecule has 0 aromatic heterocycles. The fourth-order valence-electron chi connectivity index (χ4n) is 1.41. The SMILES string of the molecule is COCCOc1cccc(CCl)c1OCCOC. The average molecular weight is 275 g/mol. The van der Waals surface area contributed by atoms with Crippen LogP contribution in [0.5, 0.6) is 11.5 Å². The van der Waals surface area contributed by atoms with Gasteiger partial charge in [0, 0.05) is 19.8 Å². The van der Waals surface area contributed by atoms with Crippen molar-refractivity contribution >= 4 is 11.6 Å². The van der Waals surface area contributed by atoms with Crippen molar-refractivity contribution in [1.29, 1.82) is 0 Å². The van der Waals surface area contributed by atoms with Crippen LogP contribution < -0.4 is 9.47 Å². The molecule has 0 saturated heterocycles. The monoisotopic (exact) mass is 274 g/mol. The fourth-order valence-corrected chi connectivity index (χ4v) is 1.62. The Morgan fingerprint density at radius 1 is 0.944 bits per heavy atom. The van der Waals surface area contributed by atoms with E-state index in [2.05, 4.69) is 0 Å². The van der Waals surface area contributed by atoms with E-state index in [0.29, 0.717) is 43.8 Å². The van der Waals surface area contributed by atoms with E-state index < -0.39 is 0 Å². The zero-order valence-corrected chi connectivity index (χ0v) is 11.5. The van der Waals surface area contributed by atoms with Crippen LogP contribution in [0.4, 0.5) is 0 Å². The highest BCUT2D eigenvalue weighted by atomic mass is 35.5. The largest absolute Gasteiger partial charge is 0.487 e. The van der Waals surface area contributed by atoms with Crippen LogP contribution >= 0.6 is 11.6 Å². The van der Waals surface area contributed by atoms with Gasteiger partial charge in [-0.25, -0.2) is 0 Å². The van der Waals surface area contributed by atoms with Crippen LogP contribution in [0.3, 0.4) is 0 Å². The lowest BCUT2D eigenvalue weighted by molar-refractivity contribution is 0.132. The molecule has 1 aromatic carbocycles. The van der Waals surface area contributed by atoms with E-state index in [0.717, 1.165) is 5.56 Å². The number of para-hydroxylation sites is 1. The quantitative estimate of drug-likeness (QED) is 0.512. The van der Waals surface area contributed by atoms with Crippen molar-refractivity contribution in [3.8, 4) is 11.5 Å². The highest BCUT2D eigenvalue weighted by Gasteiger charge is 2.10. The summed E-state index contributed by atoms with van der Waals surface area (Å²) in [6, 6.07) is 5.66. The molecule has 4 nitrogen and oxygen atoms in total. The summed E-state index contributed by atoms with van der Waals surface area (Å²) in [5, 5.41) is 0. The Kier molecular flexibility index (Phi) is 7.57. The van der Waals surface area contributed by atoms with E-state index in [1.165, 1.54) is 0 Å². The summed E-state index contributed by atoms with van der Waals surface area (Å²) in [6.45, 7) is 1.99. The number of hydrogen-bond acceptors (Lipinski definition) is 4. The lowest BCUT2D eigenvalue weighted by Crippen LogP contribution is -2.09. The van der Waals surface area contributed by atoms with Crippen LogP contribution in [0.15, 0.2) is 18.2 Å². The molecule has 0 aliphatic heterocycles. The third-order valence-electron chi connectivity index (χ3n) is 2.28. The second-order valence-electron chi connectivity index (χ2n) is 3.56. The van der Waals surface area contributed by atoms with Crippen molar-refractivity contribution in [3.63, 3.8) is 0 Å². The van der Waals surface area contributed by atoms with Crippen LogP contribution in [0.2, 0.25) is 0 Å². The molecule has 0 fully saturated rings. The number of methoxy groups -OCH3 is 2. The van der Waals surface area contributed by atoms with E-state index in [1.807, 2.05) is 18.2 Å². The molecule has 0 heterocycles.